The first-order chi connectivity index (χ1) is 12.5. The fourth-order valence-electron chi connectivity index (χ4n) is 5.32. The third-order valence-electron chi connectivity index (χ3n) is 6.17. The molecule has 2 bridgehead atoms. The molecule has 0 aliphatic heterocycles. The maximum Gasteiger partial charge on any atom is 0.0484 e. The van der Waals surface area contributed by atoms with E-state index in [9.17, 15) is 0 Å². The van der Waals surface area contributed by atoms with Gasteiger partial charge in [0.2, 0.25) is 0 Å². The highest BCUT2D eigenvalue weighted by Gasteiger charge is 2.54. The van der Waals surface area contributed by atoms with E-state index in [0.29, 0.717) is 5.92 Å². The van der Waals surface area contributed by atoms with Gasteiger partial charge in [-0.25, -0.2) is 0 Å². The fourth-order valence-corrected chi connectivity index (χ4v) is 6.18. The Labute approximate surface area is 168 Å². The summed E-state index contributed by atoms with van der Waals surface area (Å²) in [5, 5.41) is 2.36. The third-order valence-corrected chi connectivity index (χ3v) is 7.15. The van der Waals surface area contributed by atoms with Gasteiger partial charge in [-0.1, -0.05) is 85.0 Å². The van der Waals surface area contributed by atoms with Gasteiger partial charge in [-0.2, -0.15) is 0 Å². The molecular formula is C23H17Cl3. The molecule has 0 saturated heterocycles. The van der Waals surface area contributed by atoms with Crippen molar-refractivity contribution in [3.05, 3.63) is 103 Å². The van der Waals surface area contributed by atoms with Crippen LogP contribution in [0.15, 0.2) is 54.6 Å². The van der Waals surface area contributed by atoms with Crippen molar-refractivity contribution in [2.24, 2.45) is 5.92 Å². The van der Waals surface area contributed by atoms with E-state index >= 15 is 0 Å². The predicted octanol–water partition coefficient (Wildman–Crippen LogP) is 7.44. The van der Waals surface area contributed by atoms with E-state index in [1.165, 1.54) is 16.7 Å². The van der Waals surface area contributed by atoms with Crippen LogP contribution in [0.3, 0.4) is 0 Å². The van der Waals surface area contributed by atoms with Crippen LogP contribution in [0.5, 0.6) is 0 Å². The van der Waals surface area contributed by atoms with Crippen LogP contribution in [0.4, 0.5) is 0 Å². The summed E-state index contributed by atoms with van der Waals surface area (Å²) in [5.41, 5.74) is 7.03. The zero-order valence-electron chi connectivity index (χ0n) is 14.5. The van der Waals surface area contributed by atoms with E-state index in [2.05, 4.69) is 50.2 Å². The van der Waals surface area contributed by atoms with E-state index in [4.69, 9.17) is 34.8 Å². The lowest BCUT2D eigenvalue weighted by Crippen LogP contribution is -2.46. The van der Waals surface area contributed by atoms with Crippen LogP contribution in [0.1, 0.15) is 53.1 Å². The number of rotatable bonds is 1. The summed E-state index contributed by atoms with van der Waals surface area (Å²) in [5.74, 6) is 0.294. The highest BCUT2D eigenvalue weighted by Crippen LogP contribution is 2.64. The minimum atomic E-state index is -0.296. The maximum atomic E-state index is 6.75. The second kappa shape index (κ2) is 5.52. The molecule has 3 aliphatic carbocycles. The molecule has 0 heterocycles. The molecule has 130 valence electrons. The molecule has 0 unspecified atom stereocenters. The van der Waals surface area contributed by atoms with E-state index < -0.39 is 0 Å². The molecule has 0 aromatic heterocycles. The smallest absolute Gasteiger partial charge is 0.0484 e. The normalized spacial score (nSPS) is 22.2. The average Bonchev–Trinajstić information content (AvgIpc) is 2.61. The Morgan fingerprint density at radius 1 is 0.654 bits per heavy atom. The Balaban J connectivity index is 2.07. The van der Waals surface area contributed by atoms with Gasteiger partial charge in [0.1, 0.15) is 0 Å². The van der Waals surface area contributed by atoms with Crippen molar-refractivity contribution in [2.75, 3.05) is 0 Å². The minimum Gasteiger partial charge on any atom is -0.0840 e. The summed E-state index contributed by atoms with van der Waals surface area (Å²) in [7, 11) is 0. The highest BCUT2D eigenvalue weighted by molar-refractivity contribution is 6.34. The fraction of sp³-hybridized carbons (Fsp3) is 0.217. The zero-order valence-corrected chi connectivity index (χ0v) is 16.8. The maximum absolute atomic E-state index is 6.75. The van der Waals surface area contributed by atoms with Gasteiger partial charge in [-0.05, 0) is 57.5 Å². The molecule has 6 rings (SSSR count). The lowest BCUT2D eigenvalue weighted by Gasteiger charge is -2.53. The summed E-state index contributed by atoms with van der Waals surface area (Å²) < 4.78 is 0. The molecule has 3 aromatic rings. The molecule has 0 amide bonds. The van der Waals surface area contributed by atoms with Crippen molar-refractivity contribution < 1.29 is 0 Å². The van der Waals surface area contributed by atoms with Crippen LogP contribution in [0, 0.1) is 5.92 Å². The van der Waals surface area contributed by atoms with Gasteiger partial charge in [0.25, 0.3) is 0 Å². The number of hydrogen-bond acceptors (Lipinski definition) is 0. The molecular weight excluding hydrogens is 383 g/mol. The van der Waals surface area contributed by atoms with Crippen molar-refractivity contribution in [1.82, 2.24) is 0 Å². The second-order valence-electron chi connectivity index (χ2n) is 7.50. The van der Waals surface area contributed by atoms with Crippen LogP contribution in [-0.4, -0.2) is 0 Å². The minimum absolute atomic E-state index is 0.0216. The molecule has 0 nitrogen and oxygen atoms in total. The first kappa shape index (κ1) is 16.7. The Bertz CT molecular complexity index is 935. The summed E-state index contributed by atoms with van der Waals surface area (Å²) in [6, 6.07) is 18.8. The lowest BCUT2D eigenvalue weighted by molar-refractivity contribution is 0.403. The Hall–Kier alpha value is -1.47. The zero-order chi connectivity index (χ0) is 18.2. The SMILES string of the molecule is CC(C)C12c3cccc(Cl)c3C(c3c(Cl)cccc31)c1c(Cl)cccc12. The number of benzene rings is 3. The van der Waals surface area contributed by atoms with E-state index in [-0.39, 0.29) is 11.3 Å². The Morgan fingerprint density at radius 3 is 1.31 bits per heavy atom. The van der Waals surface area contributed by atoms with Crippen LogP contribution in [0.2, 0.25) is 15.1 Å². The molecule has 26 heavy (non-hydrogen) atoms. The quantitative estimate of drug-likeness (QED) is 0.399. The van der Waals surface area contributed by atoms with Gasteiger partial charge < -0.3 is 0 Å². The molecule has 0 radical (unpaired) electrons. The summed E-state index contributed by atoms with van der Waals surface area (Å²) in [6.45, 7) is 4.54. The lowest BCUT2D eigenvalue weighted by atomic mass is 9.49. The molecule has 3 aliphatic rings. The molecule has 3 heteroatoms. The molecule has 0 N–H and O–H groups in total. The van der Waals surface area contributed by atoms with Gasteiger partial charge in [0, 0.05) is 26.4 Å². The first-order valence-electron chi connectivity index (χ1n) is 8.86. The molecule has 3 aromatic carbocycles. The van der Waals surface area contributed by atoms with E-state index in [0.717, 1.165) is 31.8 Å². The summed E-state index contributed by atoms with van der Waals surface area (Å²) in [6.07, 6.45) is 0. The van der Waals surface area contributed by atoms with Crippen molar-refractivity contribution in [1.29, 1.82) is 0 Å². The van der Waals surface area contributed by atoms with Crippen LogP contribution >= 0.6 is 34.8 Å². The van der Waals surface area contributed by atoms with Crippen molar-refractivity contribution in [3.8, 4) is 0 Å². The van der Waals surface area contributed by atoms with E-state index in [1.54, 1.807) is 0 Å². The van der Waals surface area contributed by atoms with Crippen LogP contribution in [-0.2, 0) is 5.41 Å². The summed E-state index contributed by atoms with van der Waals surface area (Å²) in [4.78, 5) is 0. The molecule has 0 fully saturated rings. The molecule has 0 atom stereocenters. The third kappa shape index (κ3) is 1.78. The highest BCUT2D eigenvalue weighted by atomic mass is 35.5. The van der Waals surface area contributed by atoms with E-state index in [1.807, 2.05) is 18.2 Å². The van der Waals surface area contributed by atoms with Gasteiger partial charge in [-0.3, -0.25) is 0 Å². The molecule has 0 spiro atoms. The topological polar surface area (TPSA) is 0 Å². The standard InChI is InChI=1S/C23H17Cl3/c1-12(2)23-13-6-3-9-16(24)19(13)22(20-14(23)7-4-10-17(20)25)21-15(23)8-5-11-18(21)26/h3-12,22H,1-2H3. The van der Waals surface area contributed by atoms with Gasteiger partial charge >= 0.3 is 0 Å². The van der Waals surface area contributed by atoms with Crippen molar-refractivity contribution in [2.45, 2.75) is 25.2 Å². The van der Waals surface area contributed by atoms with Crippen LogP contribution < -0.4 is 0 Å². The van der Waals surface area contributed by atoms with Gasteiger partial charge in [0.05, 0.1) is 0 Å². The number of halogens is 3. The van der Waals surface area contributed by atoms with Crippen LogP contribution in [0.25, 0.3) is 0 Å². The number of hydrogen-bond donors (Lipinski definition) is 0. The molecule has 0 saturated carbocycles. The largest absolute Gasteiger partial charge is 0.0840 e. The summed E-state index contributed by atoms with van der Waals surface area (Å²) >= 11 is 20.3. The van der Waals surface area contributed by atoms with Crippen molar-refractivity contribution >= 4 is 34.8 Å². The van der Waals surface area contributed by atoms with Gasteiger partial charge in [0.15, 0.2) is 0 Å². The Kier molecular flexibility index (Phi) is 3.54. The van der Waals surface area contributed by atoms with Gasteiger partial charge in [-0.15, -0.1) is 0 Å². The predicted molar refractivity (Wildman–Crippen MR) is 110 cm³/mol. The first-order valence-corrected chi connectivity index (χ1v) is 9.99. The average molecular weight is 400 g/mol. The monoisotopic (exact) mass is 398 g/mol. The second-order valence-corrected chi connectivity index (χ2v) is 8.72. The van der Waals surface area contributed by atoms with Crippen molar-refractivity contribution in [3.63, 3.8) is 0 Å². The Morgan fingerprint density at radius 2 is 1.00 bits per heavy atom.